The van der Waals surface area contributed by atoms with Gasteiger partial charge in [0.2, 0.25) is 12.7 Å². The van der Waals surface area contributed by atoms with Crippen LogP contribution in [0.5, 0.6) is 11.5 Å². The highest BCUT2D eigenvalue weighted by Crippen LogP contribution is 2.34. The SMILES string of the molecule is CC(NC(=O)Cc1csc(-c2cccnc2)n1)c1ccc2c(c1)OCO2. The van der Waals surface area contributed by atoms with Gasteiger partial charge in [-0.15, -0.1) is 11.3 Å². The van der Waals surface area contributed by atoms with Gasteiger partial charge in [-0.25, -0.2) is 4.98 Å². The third kappa shape index (κ3) is 3.52. The van der Waals surface area contributed by atoms with Crippen LogP contribution in [0.4, 0.5) is 0 Å². The lowest BCUT2D eigenvalue weighted by atomic mass is 10.1. The lowest BCUT2D eigenvalue weighted by molar-refractivity contribution is -0.121. The normalized spacial score (nSPS) is 13.4. The standard InChI is InChI=1S/C19H17N3O3S/c1-12(13-4-5-16-17(7-13)25-11-24-16)21-18(23)8-15-10-26-19(22-15)14-3-2-6-20-9-14/h2-7,9-10,12H,8,11H2,1H3,(H,21,23). The van der Waals surface area contributed by atoms with E-state index >= 15 is 0 Å². The summed E-state index contributed by atoms with van der Waals surface area (Å²) >= 11 is 1.51. The number of hydrogen-bond acceptors (Lipinski definition) is 6. The van der Waals surface area contributed by atoms with Gasteiger partial charge in [-0.2, -0.15) is 0 Å². The molecule has 3 heterocycles. The molecular weight excluding hydrogens is 350 g/mol. The van der Waals surface area contributed by atoms with Crippen LogP contribution >= 0.6 is 11.3 Å². The molecule has 1 N–H and O–H groups in total. The Kier molecular flexibility index (Phi) is 4.53. The number of nitrogens with one attached hydrogen (secondary N) is 1. The summed E-state index contributed by atoms with van der Waals surface area (Å²) in [5.41, 5.74) is 2.68. The van der Waals surface area contributed by atoms with Crippen molar-refractivity contribution in [1.29, 1.82) is 0 Å². The van der Waals surface area contributed by atoms with Crippen LogP contribution in [0.3, 0.4) is 0 Å². The quantitative estimate of drug-likeness (QED) is 0.749. The Balaban J connectivity index is 1.39. The highest BCUT2D eigenvalue weighted by molar-refractivity contribution is 7.13. The second-order valence-electron chi connectivity index (χ2n) is 5.96. The second-order valence-corrected chi connectivity index (χ2v) is 6.82. The molecule has 26 heavy (non-hydrogen) atoms. The summed E-state index contributed by atoms with van der Waals surface area (Å²) in [5.74, 6) is 1.38. The van der Waals surface area contributed by atoms with Crippen molar-refractivity contribution in [3.05, 3.63) is 59.4 Å². The van der Waals surface area contributed by atoms with E-state index < -0.39 is 0 Å². The number of nitrogens with zero attached hydrogens (tertiary/aromatic N) is 2. The first-order chi connectivity index (χ1) is 12.7. The number of thiazole rings is 1. The molecule has 1 amide bonds. The Morgan fingerprint density at radius 3 is 3.04 bits per heavy atom. The van der Waals surface area contributed by atoms with Crippen LogP contribution < -0.4 is 14.8 Å². The van der Waals surface area contributed by atoms with Crippen LogP contribution in [0.15, 0.2) is 48.1 Å². The number of rotatable bonds is 5. The number of benzene rings is 1. The average molecular weight is 367 g/mol. The molecule has 1 unspecified atom stereocenters. The van der Waals surface area contributed by atoms with E-state index in [1.807, 2.05) is 42.6 Å². The van der Waals surface area contributed by atoms with E-state index in [9.17, 15) is 4.79 Å². The topological polar surface area (TPSA) is 73.3 Å². The fourth-order valence-corrected chi connectivity index (χ4v) is 3.54. The lowest BCUT2D eigenvalue weighted by Crippen LogP contribution is -2.28. The first-order valence-electron chi connectivity index (χ1n) is 8.23. The summed E-state index contributed by atoms with van der Waals surface area (Å²) in [7, 11) is 0. The van der Waals surface area contributed by atoms with Gasteiger partial charge in [0.05, 0.1) is 18.2 Å². The Hall–Kier alpha value is -2.93. The Labute approximate surface area is 154 Å². The minimum Gasteiger partial charge on any atom is -0.454 e. The molecule has 1 atom stereocenters. The number of amides is 1. The summed E-state index contributed by atoms with van der Waals surface area (Å²) in [6.07, 6.45) is 3.74. The number of carbonyl (C=O) groups excluding carboxylic acids is 1. The predicted molar refractivity (Wildman–Crippen MR) is 98.2 cm³/mol. The van der Waals surface area contributed by atoms with Crippen molar-refractivity contribution in [3.63, 3.8) is 0 Å². The highest BCUT2D eigenvalue weighted by Gasteiger charge is 2.17. The summed E-state index contributed by atoms with van der Waals surface area (Å²) in [6, 6.07) is 9.39. The number of fused-ring (bicyclic) bond motifs is 1. The summed E-state index contributed by atoms with van der Waals surface area (Å²) in [5, 5.41) is 5.78. The first-order valence-corrected chi connectivity index (χ1v) is 9.11. The number of aromatic nitrogens is 2. The molecular formula is C19H17N3O3S. The predicted octanol–water partition coefficient (Wildman–Crippen LogP) is 3.35. The van der Waals surface area contributed by atoms with Crippen molar-refractivity contribution in [2.45, 2.75) is 19.4 Å². The molecule has 0 radical (unpaired) electrons. The Morgan fingerprint density at radius 1 is 1.31 bits per heavy atom. The van der Waals surface area contributed by atoms with E-state index in [0.717, 1.165) is 27.6 Å². The fourth-order valence-electron chi connectivity index (χ4n) is 2.73. The molecule has 0 bridgehead atoms. The summed E-state index contributed by atoms with van der Waals surface area (Å²) < 4.78 is 10.7. The van der Waals surface area contributed by atoms with Crippen LogP contribution in [0, 0.1) is 0 Å². The van der Waals surface area contributed by atoms with Gasteiger partial charge in [0.15, 0.2) is 11.5 Å². The molecule has 0 aliphatic carbocycles. The van der Waals surface area contributed by atoms with Crippen LogP contribution in [-0.4, -0.2) is 22.7 Å². The van der Waals surface area contributed by atoms with Crippen LogP contribution in [-0.2, 0) is 11.2 Å². The molecule has 132 valence electrons. The second kappa shape index (κ2) is 7.13. The number of pyridine rings is 1. The van der Waals surface area contributed by atoms with E-state index in [4.69, 9.17) is 9.47 Å². The lowest BCUT2D eigenvalue weighted by Gasteiger charge is -2.14. The van der Waals surface area contributed by atoms with Crippen molar-refractivity contribution in [2.24, 2.45) is 0 Å². The van der Waals surface area contributed by atoms with Gasteiger partial charge in [-0.1, -0.05) is 6.07 Å². The molecule has 4 rings (SSSR count). The molecule has 0 spiro atoms. The van der Waals surface area contributed by atoms with Crippen molar-refractivity contribution >= 4 is 17.2 Å². The molecule has 1 aromatic carbocycles. The monoisotopic (exact) mass is 367 g/mol. The molecule has 3 aromatic rings. The van der Waals surface area contributed by atoms with Crippen molar-refractivity contribution in [1.82, 2.24) is 15.3 Å². The molecule has 1 aliphatic heterocycles. The van der Waals surface area contributed by atoms with Crippen molar-refractivity contribution in [3.8, 4) is 22.1 Å². The Morgan fingerprint density at radius 2 is 2.19 bits per heavy atom. The van der Waals surface area contributed by atoms with E-state index in [1.54, 1.807) is 12.4 Å². The van der Waals surface area contributed by atoms with Crippen LogP contribution in [0.2, 0.25) is 0 Å². The molecule has 0 saturated heterocycles. The van der Waals surface area contributed by atoms with E-state index in [0.29, 0.717) is 5.75 Å². The van der Waals surface area contributed by atoms with Gasteiger partial charge < -0.3 is 14.8 Å². The maximum absolute atomic E-state index is 12.4. The molecule has 0 fully saturated rings. The van der Waals surface area contributed by atoms with Gasteiger partial charge in [0.25, 0.3) is 0 Å². The van der Waals surface area contributed by atoms with E-state index in [2.05, 4.69) is 15.3 Å². The number of hydrogen-bond donors (Lipinski definition) is 1. The fraction of sp³-hybridized carbons (Fsp3) is 0.211. The third-order valence-corrected chi connectivity index (χ3v) is 5.02. The zero-order chi connectivity index (χ0) is 17.9. The van der Waals surface area contributed by atoms with Crippen LogP contribution in [0.1, 0.15) is 24.2 Å². The summed E-state index contributed by atoms with van der Waals surface area (Å²) in [4.78, 5) is 21.0. The average Bonchev–Trinajstić information content (AvgIpc) is 3.30. The number of carbonyl (C=O) groups is 1. The smallest absolute Gasteiger partial charge is 0.231 e. The van der Waals surface area contributed by atoms with E-state index in [1.165, 1.54) is 11.3 Å². The maximum atomic E-state index is 12.4. The minimum absolute atomic E-state index is 0.0711. The molecule has 1 aliphatic rings. The first kappa shape index (κ1) is 16.5. The van der Waals surface area contributed by atoms with Gasteiger partial charge in [-0.3, -0.25) is 9.78 Å². The zero-order valence-corrected chi connectivity index (χ0v) is 15.0. The highest BCUT2D eigenvalue weighted by atomic mass is 32.1. The summed E-state index contributed by atoms with van der Waals surface area (Å²) in [6.45, 7) is 2.18. The van der Waals surface area contributed by atoms with Crippen molar-refractivity contribution < 1.29 is 14.3 Å². The van der Waals surface area contributed by atoms with Gasteiger partial charge in [-0.05, 0) is 36.8 Å². The Bertz CT molecular complexity index is 927. The largest absolute Gasteiger partial charge is 0.454 e. The molecule has 7 heteroatoms. The molecule has 2 aromatic heterocycles. The van der Waals surface area contributed by atoms with Gasteiger partial charge in [0, 0.05) is 23.3 Å². The van der Waals surface area contributed by atoms with Gasteiger partial charge >= 0.3 is 0 Å². The number of ether oxygens (including phenoxy) is 2. The molecule has 6 nitrogen and oxygen atoms in total. The third-order valence-electron chi connectivity index (χ3n) is 4.08. The zero-order valence-electron chi connectivity index (χ0n) is 14.1. The van der Waals surface area contributed by atoms with Gasteiger partial charge in [0.1, 0.15) is 5.01 Å². The van der Waals surface area contributed by atoms with E-state index in [-0.39, 0.29) is 25.2 Å². The maximum Gasteiger partial charge on any atom is 0.231 e. The van der Waals surface area contributed by atoms with Crippen molar-refractivity contribution in [2.75, 3.05) is 6.79 Å². The van der Waals surface area contributed by atoms with Crippen LogP contribution in [0.25, 0.3) is 10.6 Å². The minimum atomic E-state index is -0.131. The molecule has 0 saturated carbocycles.